The van der Waals surface area contributed by atoms with Gasteiger partial charge >= 0.3 is 11.9 Å². The number of esters is 2. The monoisotopic (exact) mass is 518 g/mol. The third-order valence-corrected chi connectivity index (χ3v) is 6.36. The number of halogens is 1. The standard InChI is InChI=1S/C30H27ClO6/c1-18-9-5-7-11-20(18)15-25(32)36-27-23-14-13-22(31)17-24(23)28(30(35-4)29(27)34-3)37-26(33)16-21-12-8-6-10-19(21)2/h5-14,17H,15-16H2,1-4H3. The topological polar surface area (TPSA) is 71.1 Å². The van der Waals surface area contributed by atoms with Crippen molar-refractivity contribution in [2.75, 3.05) is 14.2 Å². The first-order chi connectivity index (χ1) is 17.8. The molecule has 0 radical (unpaired) electrons. The highest BCUT2D eigenvalue weighted by molar-refractivity contribution is 6.31. The number of methoxy groups -OCH3 is 2. The quantitative estimate of drug-likeness (QED) is 0.198. The van der Waals surface area contributed by atoms with Crippen molar-refractivity contribution in [2.24, 2.45) is 0 Å². The Labute approximate surface area is 220 Å². The highest BCUT2D eigenvalue weighted by Crippen LogP contribution is 2.51. The zero-order chi connectivity index (χ0) is 26.5. The van der Waals surface area contributed by atoms with Gasteiger partial charge in [-0.2, -0.15) is 0 Å². The summed E-state index contributed by atoms with van der Waals surface area (Å²) in [6, 6.07) is 20.2. The normalized spacial score (nSPS) is 10.7. The molecule has 0 spiro atoms. The largest absolute Gasteiger partial charge is 0.490 e. The second-order valence-electron chi connectivity index (χ2n) is 8.57. The van der Waals surface area contributed by atoms with Gasteiger partial charge in [0.15, 0.2) is 11.5 Å². The lowest BCUT2D eigenvalue weighted by atomic mass is 10.0. The van der Waals surface area contributed by atoms with Crippen molar-refractivity contribution in [3.8, 4) is 23.0 Å². The van der Waals surface area contributed by atoms with Gasteiger partial charge in [-0.15, -0.1) is 0 Å². The van der Waals surface area contributed by atoms with E-state index in [1.54, 1.807) is 18.2 Å². The summed E-state index contributed by atoms with van der Waals surface area (Å²) in [6.45, 7) is 3.87. The molecule has 0 heterocycles. The van der Waals surface area contributed by atoms with E-state index in [1.165, 1.54) is 14.2 Å². The van der Waals surface area contributed by atoms with Crippen LogP contribution in [0.2, 0.25) is 5.02 Å². The summed E-state index contributed by atoms with van der Waals surface area (Å²) in [5.41, 5.74) is 3.67. The van der Waals surface area contributed by atoms with Crippen LogP contribution in [0.4, 0.5) is 0 Å². The lowest BCUT2D eigenvalue weighted by molar-refractivity contribution is -0.134. The number of ether oxygens (including phenoxy) is 4. The minimum Gasteiger partial charge on any atom is -0.490 e. The number of carbonyl (C=O) groups is 2. The van der Waals surface area contributed by atoms with Crippen molar-refractivity contribution in [1.29, 1.82) is 0 Å². The van der Waals surface area contributed by atoms with Crippen LogP contribution in [0, 0.1) is 13.8 Å². The third-order valence-electron chi connectivity index (χ3n) is 6.12. The number of benzene rings is 4. The Balaban J connectivity index is 1.76. The van der Waals surface area contributed by atoms with Gasteiger partial charge in [-0.25, -0.2) is 0 Å². The number of carbonyl (C=O) groups excluding carboxylic acids is 2. The van der Waals surface area contributed by atoms with Gasteiger partial charge in [0.2, 0.25) is 11.5 Å². The number of hydrogen-bond donors (Lipinski definition) is 0. The predicted molar refractivity (Wildman–Crippen MR) is 143 cm³/mol. The molecule has 4 aromatic carbocycles. The summed E-state index contributed by atoms with van der Waals surface area (Å²) in [5.74, 6) is -0.420. The fourth-order valence-electron chi connectivity index (χ4n) is 4.15. The smallest absolute Gasteiger partial charge is 0.315 e. The third kappa shape index (κ3) is 5.70. The maximum Gasteiger partial charge on any atom is 0.315 e. The molecule has 190 valence electrons. The van der Waals surface area contributed by atoms with E-state index in [0.29, 0.717) is 15.8 Å². The van der Waals surface area contributed by atoms with Crippen LogP contribution in [0.15, 0.2) is 66.7 Å². The number of rotatable bonds is 8. The van der Waals surface area contributed by atoms with Crippen LogP contribution in [-0.4, -0.2) is 26.2 Å². The first kappa shape index (κ1) is 26.0. The number of fused-ring (bicyclic) bond motifs is 1. The Morgan fingerprint density at radius 2 is 1.11 bits per heavy atom. The summed E-state index contributed by atoms with van der Waals surface area (Å²) in [4.78, 5) is 26.0. The molecule has 4 aromatic rings. The van der Waals surface area contributed by atoms with Crippen molar-refractivity contribution in [3.05, 3.63) is 94.0 Å². The van der Waals surface area contributed by atoms with Gasteiger partial charge in [0, 0.05) is 15.8 Å². The minimum absolute atomic E-state index is 0.0629. The van der Waals surface area contributed by atoms with Crippen LogP contribution in [-0.2, 0) is 22.4 Å². The van der Waals surface area contributed by atoms with Crippen LogP contribution in [0.1, 0.15) is 22.3 Å². The summed E-state index contributed by atoms with van der Waals surface area (Å²) < 4.78 is 22.9. The lowest BCUT2D eigenvalue weighted by Gasteiger charge is -2.20. The molecule has 4 rings (SSSR count). The summed E-state index contributed by atoms with van der Waals surface area (Å²) in [5, 5.41) is 1.34. The highest BCUT2D eigenvalue weighted by Gasteiger charge is 2.27. The molecule has 0 unspecified atom stereocenters. The SMILES string of the molecule is COc1c(OC)c(OC(=O)Cc2ccccc2C)c2cc(Cl)ccc2c1OC(=O)Cc1ccccc1C. The van der Waals surface area contributed by atoms with E-state index in [0.717, 1.165) is 22.3 Å². The maximum atomic E-state index is 13.0. The van der Waals surface area contributed by atoms with E-state index in [2.05, 4.69) is 0 Å². The zero-order valence-electron chi connectivity index (χ0n) is 21.1. The van der Waals surface area contributed by atoms with Crippen molar-refractivity contribution < 1.29 is 28.5 Å². The molecule has 0 atom stereocenters. The summed E-state index contributed by atoms with van der Waals surface area (Å²) >= 11 is 6.31. The minimum atomic E-state index is -0.486. The van der Waals surface area contributed by atoms with Gasteiger partial charge in [0.05, 0.1) is 27.1 Å². The molecule has 0 saturated heterocycles. The highest BCUT2D eigenvalue weighted by atomic mass is 35.5. The number of hydrogen-bond acceptors (Lipinski definition) is 6. The second-order valence-corrected chi connectivity index (χ2v) is 9.01. The van der Waals surface area contributed by atoms with Crippen LogP contribution in [0.5, 0.6) is 23.0 Å². The van der Waals surface area contributed by atoms with Crippen LogP contribution >= 0.6 is 11.6 Å². The molecule has 0 aliphatic rings. The molecule has 7 heteroatoms. The predicted octanol–water partition coefficient (Wildman–Crippen LogP) is 6.42. The van der Waals surface area contributed by atoms with E-state index in [-0.39, 0.29) is 35.8 Å². The molecule has 0 bridgehead atoms. The van der Waals surface area contributed by atoms with E-state index < -0.39 is 11.9 Å². The Kier molecular flexibility index (Phi) is 7.99. The molecule has 0 aromatic heterocycles. The molecule has 6 nitrogen and oxygen atoms in total. The Hall–Kier alpha value is -4.03. The Bertz CT molecular complexity index is 1480. The van der Waals surface area contributed by atoms with Gasteiger partial charge in [-0.05, 0) is 54.3 Å². The van der Waals surface area contributed by atoms with Crippen LogP contribution in [0.3, 0.4) is 0 Å². The van der Waals surface area contributed by atoms with Gasteiger partial charge in [0.1, 0.15) is 0 Å². The first-order valence-corrected chi connectivity index (χ1v) is 12.1. The molecule has 0 amide bonds. The fraction of sp³-hybridized carbons (Fsp3) is 0.200. The molecule has 0 aliphatic carbocycles. The number of aryl methyl sites for hydroxylation is 2. The van der Waals surface area contributed by atoms with Crippen molar-refractivity contribution in [2.45, 2.75) is 26.7 Å². The van der Waals surface area contributed by atoms with E-state index >= 15 is 0 Å². The van der Waals surface area contributed by atoms with E-state index in [4.69, 9.17) is 30.5 Å². The molecule has 0 N–H and O–H groups in total. The first-order valence-electron chi connectivity index (χ1n) is 11.7. The second kappa shape index (κ2) is 11.4. The Morgan fingerprint density at radius 1 is 0.649 bits per heavy atom. The molecule has 0 saturated carbocycles. The van der Waals surface area contributed by atoms with Gasteiger partial charge in [-0.3, -0.25) is 9.59 Å². The van der Waals surface area contributed by atoms with Gasteiger partial charge in [-0.1, -0.05) is 60.1 Å². The molecule has 37 heavy (non-hydrogen) atoms. The molecule has 0 aliphatic heterocycles. The Morgan fingerprint density at radius 3 is 1.57 bits per heavy atom. The average molecular weight is 519 g/mol. The lowest BCUT2D eigenvalue weighted by Crippen LogP contribution is -2.15. The maximum absolute atomic E-state index is 13.0. The summed E-state index contributed by atoms with van der Waals surface area (Å²) in [6.07, 6.45) is 0.133. The van der Waals surface area contributed by atoms with Gasteiger partial charge in [0.25, 0.3) is 0 Å². The summed E-state index contributed by atoms with van der Waals surface area (Å²) in [7, 11) is 2.85. The van der Waals surface area contributed by atoms with Crippen molar-refractivity contribution in [1.82, 2.24) is 0 Å². The molecular formula is C30H27ClO6. The average Bonchev–Trinajstić information content (AvgIpc) is 2.87. The van der Waals surface area contributed by atoms with Crippen molar-refractivity contribution in [3.63, 3.8) is 0 Å². The van der Waals surface area contributed by atoms with Gasteiger partial charge < -0.3 is 18.9 Å². The van der Waals surface area contributed by atoms with E-state index in [9.17, 15) is 9.59 Å². The van der Waals surface area contributed by atoms with Crippen LogP contribution < -0.4 is 18.9 Å². The van der Waals surface area contributed by atoms with E-state index in [1.807, 2.05) is 62.4 Å². The zero-order valence-corrected chi connectivity index (χ0v) is 21.8. The molecule has 0 fully saturated rings. The molecular weight excluding hydrogens is 492 g/mol. The van der Waals surface area contributed by atoms with Crippen molar-refractivity contribution >= 4 is 34.3 Å². The van der Waals surface area contributed by atoms with Crippen LogP contribution in [0.25, 0.3) is 10.8 Å². The fourth-order valence-corrected chi connectivity index (χ4v) is 4.33.